The van der Waals surface area contributed by atoms with E-state index in [0.29, 0.717) is 29.7 Å². The number of ether oxygens (including phenoxy) is 2. The minimum atomic E-state index is -0.312. The molecule has 0 atom stereocenters. The number of nitrogens with zero attached hydrogens (tertiary/aromatic N) is 3. The smallest absolute Gasteiger partial charge is 0.195 e. The first kappa shape index (κ1) is 20.2. The fraction of sp³-hybridized carbons (Fsp3) is 0.238. The number of hydrogen-bond acceptors (Lipinski definition) is 4. The van der Waals surface area contributed by atoms with Crippen LogP contribution in [0, 0.1) is 12.7 Å². The average molecular weight is 397 g/mol. The van der Waals surface area contributed by atoms with Gasteiger partial charge in [0.25, 0.3) is 0 Å². The molecule has 0 aliphatic carbocycles. The van der Waals surface area contributed by atoms with Crippen LogP contribution in [0.1, 0.15) is 11.4 Å². The standard InChI is InChI=1S/C21H24FN5O2/c1-14-24-9-10-27(14)18-7-5-15(11-17(18)22)13-25-21(23-2)26-16-6-8-19(28-3)20(12-16)29-4/h5-12H,13H2,1-4H3,(H2,23,25,26). The number of aromatic nitrogens is 2. The molecule has 1 aromatic heterocycles. The van der Waals surface area contributed by atoms with Crippen LogP contribution in [-0.2, 0) is 6.54 Å². The third-order valence-electron chi connectivity index (χ3n) is 4.43. The van der Waals surface area contributed by atoms with Crippen molar-refractivity contribution in [3.05, 3.63) is 66.0 Å². The van der Waals surface area contributed by atoms with Crippen molar-refractivity contribution in [2.75, 3.05) is 26.6 Å². The molecule has 3 rings (SSSR count). The van der Waals surface area contributed by atoms with Crippen molar-refractivity contribution in [3.63, 3.8) is 0 Å². The maximum absolute atomic E-state index is 14.6. The molecule has 0 aliphatic rings. The first-order chi connectivity index (χ1) is 14.0. The molecule has 0 aliphatic heterocycles. The van der Waals surface area contributed by atoms with E-state index in [4.69, 9.17) is 9.47 Å². The molecule has 152 valence electrons. The van der Waals surface area contributed by atoms with Crippen LogP contribution < -0.4 is 20.1 Å². The zero-order chi connectivity index (χ0) is 20.8. The summed E-state index contributed by atoms with van der Waals surface area (Å²) < 4.78 is 26.8. The van der Waals surface area contributed by atoms with Crippen LogP contribution in [0.5, 0.6) is 11.5 Å². The van der Waals surface area contributed by atoms with Gasteiger partial charge in [0.05, 0.1) is 19.9 Å². The molecule has 7 nitrogen and oxygen atoms in total. The van der Waals surface area contributed by atoms with Gasteiger partial charge in [0.15, 0.2) is 17.5 Å². The summed E-state index contributed by atoms with van der Waals surface area (Å²) in [5.41, 5.74) is 2.05. The maximum Gasteiger partial charge on any atom is 0.195 e. The number of guanidine groups is 1. The van der Waals surface area contributed by atoms with Crippen LogP contribution >= 0.6 is 0 Å². The van der Waals surface area contributed by atoms with Crippen molar-refractivity contribution in [3.8, 4) is 17.2 Å². The highest BCUT2D eigenvalue weighted by Gasteiger charge is 2.09. The van der Waals surface area contributed by atoms with Crippen molar-refractivity contribution in [2.24, 2.45) is 4.99 Å². The van der Waals surface area contributed by atoms with E-state index in [9.17, 15) is 4.39 Å². The Balaban J connectivity index is 1.67. The molecule has 0 saturated carbocycles. The Morgan fingerprint density at radius 1 is 1.14 bits per heavy atom. The number of benzene rings is 2. The number of halogens is 1. The minimum Gasteiger partial charge on any atom is -0.493 e. The van der Waals surface area contributed by atoms with Gasteiger partial charge in [-0.05, 0) is 36.8 Å². The molecule has 0 radical (unpaired) electrons. The average Bonchev–Trinajstić information content (AvgIpc) is 3.16. The summed E-state index contributed by atoms with van der Waals surface area (Å²) in [4.78, 5) is 8.34. The van der Waals surface area contributed by atoms with E-state index in [0.717, 1.165) is 17.1 Å². The second-order valence-electron chi connectivity index (χ2n) is 6.25. The summed E-state index contributed by atoms with van der Waals surface area (Å²) >= 11 is 0. The lowest BCUT2D eigenvalue weighted by Gasteiger charge is -2.14. The van der Waals surface area contributed by atoms with Gasteiger partial charge in [-0.1, -0.05) is 6.07 Å². The predicted molar refractivity (Wildman–Crippen MR) is 112 cm³/mol. The highest BCUT2D eigenvalue weighted by atomic mass is 19.1. The fourth-order valence-electron chi connectivity index (χ4n) is 2.90. The lowest BCUT2D eigenvalue weighted by molar-refractivity contribution is 0.355. The Morgan fingerprint density at radius 3 is 2.55 bits per heavy atom. The van der Waals surface area contributed by atoms with E-state index < -0.39 is 0 Å². The minimum absolute atomic E-state index is 0.312. The summed E-state index contributed by atoms with van der Waals surface area (Å²) in [6.45, 7) is 2.24. The van der Waals surface area contributed by atoms with Gasteiger partial charge in [-0.25, -0.2) is 9.37 Å². The molecule has 29 heavy (non-hydrogen) atoms. The van der Waals surface area contributed by atoms with E-state index in [2.05, 4.69) is 20.6 Å². The molecule has 0 spiro atoms. The van der Waals surface area contributed by atoms with E-state index in [-0.39, 0.29) is 5.82 Å². The van der Waals surface area contributed by atoms with Gasteiger partial charge in [0, 0.05) is 37.7 Å². The molecule has 0 unspecified atom stereocenters. The van der Waals surface area contributed by atoms with E-state index in [1.807, 2.05) is 25.1 Å². The molecular weight excluding hydrogens is 373 g/mol. The van der Waals surface area contributed by atoms with E-state index in [1.165, 1.54) is 6.07 Å². The predicted octanol–water partition coefficient (Wildman–Crippen LogP) is 3.52. The quantitative estimate of drug-likeness (QED) is 0.492. The highest BCUT2D eigenvalue weighted by Crippen LogP contribution is 2.29. The highest BCUT2D eigenvalue weighted by molar-refractivity contribution is 5.93. The topological polar surface area (TPSA) is 72.7 Å². The number of aryl methyl sites for hydroxylation is 1. The molecule has 0 saturated heterocycles. The van der Waals surface area contributed by atoms with Crippen LogP contribution in [0.3, 0.4) is 0 Å². The third-order valence-corrected chi connectivity index (χ3v) is 4.43. The number of aliphatic imine (C=N–C) groups is 1. The van der Waals surface area contributed by atoms with Crippen molar-refractivity contribution in [1.82, 2.24) is 14.9 Å². The first-order valence-corrected chi connectivity index (χ1v) is 9.04. The Bertz CT molecular complexity index is 1020. The Morgan fingerprint density at radius 2 is 1.93 bits per heavy atom. The third kappa shape index (κ3) is 4.66. The maximum atomic E-state index is 14.6. The lowest BCUT2D eigenvalue weighted by atomic mass is 10.2. The molecule has 0 amide bonds. The Hall–Kier alpha value is -3.55. The summed E-state index contributed by atoms with van der Waals surface area (Å²) in [6, 6.07) is 10.6. The molecule has 2 aromatic carbocycles. The van der Waals surface area contributed by atoms with Gasteiger partial charge in [0.2, 0.25) is 0 Å². The van der Waals surface area contributed by atoms with Gasteiger partial charge in [-0.2, -0.15) is 0 Å². The van der Waals surface area contributed by atoms with Crippen LogP contribution in [-0.4, -0.2) is 36.8 Å². The van der Waals surface area contributed by atoms with Gasteiger partial charge in [-0.3, -0.25) is 4.99 Å². The number of anilines is 1. The summed E-state index contributed by atoms with van der Waals surface area (Å²) in [5, 5.41) is 6.35. The molecule has 0 fully saturated rings. The second-order valence-corrected chi connectivity index (χ2v) is 6.25. The normalized spacial score (nSPS) is 11.3. The number of methoxy groups -OCH3 is 2. The lowest BCUT2D eigenvalue weighted by Crippen LogP contribution is -2.30. The van der Waals surface area contributed by atoms with Crippen LogP contribution in [0.25, 0.3) is 5.69 Å². The van der Waals surface area contributed by atoms with Gasteiger partial charge >= 0.3 is 0 Å². The van der Waals surface area contributed by atoms with Crippen LogP contribution in [0.2, 0.25) is 0 Å². The summed E-state index contributed by atoms with van der Waals surface area (Å²) in [7, 11) is 4.84. The number of rotatable bonds is 6. The number of hydrogen-bond donors (Lipinski definition) is 2. The van der Waals surface area contributed by atoms with Crippen LogP contribution in [0.4, 0.5) is 10.1 Å². The molecule has 3 aromatic rings. The first-order valence-electron chi connectivity index (χ1n) is 9.04. The number of nitrogens with one attached hydrogen (secondary N) is 2. The van der Waals surface area contributed by atoms with E-state index in [1.54, 1.807) is 50.4 Å². The van der Waals surface area contributed by atoms with Gasteiger partial charge < -0.3 is 24.7 Å². The molecule has 1 heterocycles. The van der Waals surface area contributed by atoms with Crippen molar-refractivity contribution >= 4 is 11.6 Å². The van der Waals surface area contributed by atoms with Crippen molar-refractivity contribution < 1.29 is 13.9 Å². The Kier molecular flexibility index (Phi) is 6.33. The molecule has 2 N–H and O–H groups in total. The monoisotopic (exact) mass is 397 g/mol. The van der Waals surface area contributed by atoms with Crippen LogP contribution in [0.15, 0.2) is 53.8 Å². The van der Waals surface area contributed by atoms with Crippen molar-refractivity contribution in [1.29, 1.82) is 0 Å². The van der Waals surface area contributed by atoms with Gasteiger partial charge in [-0.15, -0.1) is 0 Å². The fourth-order valence-corrected chi connectivity index (χ4v) is 2.90. The second kappa shape index (κ2) is 9.09. The largest absolute Gasteiger partial charge is 0.493 e. The Labute approximate surface area is 169 Å². The molecule has 0 bridgehead atoms. The summed E-state index contributed by atoms with van der Waals surface area (Å²) in [5.74, 6) is 2.22. The van der Waals surface area contributed by atoms with E-state index >= 15 is 0 Å². The summed E-state index contributed by atoms with van der Waals surface area (Å²) in [6.07, 6.45) is 3.38. The zero-order valence-electron chi connectivity index (χ0n) is 16.9. The van der Waals surface area contributed by atoms with Gasteiger partial charge in [0.1, 0.15) is 11.6 Å². The SMILES string of the molecule is CN=C(NCc1ccc(-n2ccnc2C)c(F)c1)Nc1ccc(OC)c(OC)c1. The number of imidazole rings is 1. The molecular formula is C21H24FN5O2. The molecule has 8 heteroatoms. The zero-order valence-corrected chi connectivity index (χ0v) is 16.9. The van der Waals surface area contributed by atoms with Crippen molar-refractivity contribution in [2.45, 2.75) is 13.5 Å².